The molecule has 2 rings (SSSR count). The molecular formula is C14H26. The van der Waals surface area contributed by atoms with Crippen LogP contribution in [0, 0.1) is 35.5 Å². The van der Waals surface area contributed by atoms with Gasteiger partial charge < -0.3 is 0 Å². The average Bonchev–Trinajstić information content (AvgIpc) is 2.16. The van der Waals surface area contributed by atoms with Crippen LogP contribution >= 0.6 is 0 Å². The normalized spacial score (nSPS) is 54.0. The fourth-order valence-corrected chi connectivity index (χ4v) is 4.02. The number of rotatable bonds is 0. The van der Waals surface area contributed by atoms with E-state index in [1.165, 1.54) is 25.7 Å². The van der Waals surface area contributed by atoms with Crippen LogP contribution in [0.25, 0.3) is 0 Å². The van der Waals surface area contributed by atoms with Crippen LogP contribution in [0.1, 0.15) is 53.4 Å². The molecule has 0 radical (unpaired) electrons. The van der Waals surface area contributed by atoms with Gasteiger partial charge in [-0.1, -0.05) is 34.1 Å². The molecule has 0 heteroatoms. The molecule has 14 heavy (non-hydrogen) atoms. The van der Waals surface area contributed by atoms with E-state index in [1.54, 1.807) is 0 Å². The molecular weight excluding hydrogens is 168 g/mol. The molecule has 0 aromatic carbocycles. The van der Waals surface area contributed by atoms with E-state index in [0.717, 1.165) is 35.5 Å². The van der Waals surface area contributed by atoms with Gasteiger partial charge in [-0.15, -0.1) is 0 Å². The molecule has 0 aliphatic heterocycles. The van der Waals surface area contributed by atoms with Gasteiger partial charge in [-0.05, 0) is 54.8 Å². The lowest BCUT2D eigenvalue weighted by Gasteiger charge is -2.48. The lowest BCUT2D eigenvalue weighted by molar-refractivity contribution is 0.0193. The second-order valence-corrected chi connectivity index (χ2v) is 6.27. The largest absolute Gasteiger partial charge is 0.0625 e. The van der Waals surface area contributed by atoms with E-state index in [-0.39, 0.29) is 0 Å². The second-order valence-electron chi connectivity index (χ2n) is 6.27. The molecule has 0 aromatic heterocycles. The Labute approximate surface area is 89.5 Å². The first kappa shape index (κ1) is 10.5. The topological polar surface area (TPSA) is 0 Å². The van der Waals surface area contributed by atoms with E-state index in [9.17, 15) is 0 Å². The average molecular weight is 194 g/mol. The molecule has 0 heterocycles. The van der Waals surface area contributed by atoms with Crippen molar-refractivity contribution in [2.24, 2.45) is 35.5 Å². The third-order valence-corrected chi connectivity index (χ3v) is 5.39. The summed E-state index contributed by atoms with van der Waals surface area (Å²) >= 11 is 0. The summed E-state index contributed by atoms with van der Waals surface area (Å²) in [6.45, 7) is 9.90. The van der Waals surface area contributed by atoms with Gasteiger partial charge in [0, 0.05) is 0 Å². The van der Waals surface area contributed by atoms with E-state index in [2.05, 4.69) is 27.7 Å². The maximum absolute atomic E-state index is 2.51. The second kappa shape index (κ2) is 3.87. The van der Waals surface area contributed by atoms with Crippen molar-refractivity contribution in [1.29, 1.82) is 0 Å². The van der Waals surface area contributed by atoms with E-state index < -0.39 is 0 Å². The lowest BCUT2D eigenvalue weighted by Crippen LogP contribution is -2.39. The summed E-state index contributed by atoms with van der Waals surface area (Å²) in [7, 11) is 0. The van der Waals surface area contributed by atoms with Crippen molar-refractivity contribution in [1.82, 2.24) is 0 Å². The monoisotopic (exact) mass is 194 g/mol. The van der Waals surface area contributed by atoms with E-state index in [1.807, 2.05) is 0 Å². The van der Waals surface area contributed by atoms with Crippen molar-refractivity contribution < 1.29 is 0 Å². The van der Waals surface area contributed by atoms with E-state index >= 15 is 0 Å². The SMILES string of the molecule is CC1CCC2CC(C)C(C)C(C)C2C1. The van der Waals surface area contributed by atoms with Gasteiger partial charge in [-0.3, -0.25) is 0 Å². The fourth-order valence-electron chi connectivity index (χ4n) is 4.02. The van der Waals surface area contributed by atoms with E-state index in [4.69, 9.17) is 0 Å². The van der Waals surface area contributed by atoms with Gasteiger partial charge in [0.05, 0.1) is 0 Å². The first-order valence-corrected chi connectivity index (χ1v) is 6.59. The van der Waals surface area contributed by atoms with Crippen LogP contribution in [0.3, 0.4) is 0 Å². The fraction of sp³-hybridized carbons (Fsp3) is 1.00. The summed E-state index contributed by atoms with van der Waals surface area (Å²) in [5.74, 6) is 6.05. The minimum absolute atomic E-state index is 0.960. The lowest BCUT2D eigenvalue weighted by atomic mass is 9.58. The minimum atomic E-state index is 0.960. The Morgan fingerprint density at radius 2 is 1.50 bits per heavy atom. The van der Waals surface area contributed by atoms with Crippen LogP contribution in [0.4, 0.5) is 0 Å². The van der Waals surface area contributed by atoms with Crippen LogP contribution in [-0.2, 0) is 0 Å². The molecule has 2 saturated carbocycles. The number of hydrogen-bond donors (Lipinski definition) is 0. The molecule has 0 spiro atoms. The highest BCUT2D eigenvalue weighted by molar-refractivity contribution is 4.90. The third-order valence-electron chi connectivity index (χ3n) is 5.39. The van der Waals surface area contributed by atoms with Gasteiger partial charge >= 0.3 is 0 Å². The summed E-state index contributed by atoms with van der Waals surface area (Å²) in [5, 5.41) is 0. The summed E-state index contributed by atoms with van der Waals surface area (Å²) in [6, 6.07) is 0. The maximum Gasteiger partial charge on any atom is -0.0355 e. The van der Waals surface area contributed by atoms with E-state index in [0.29, 0.717) is 0 Å². The molecule has 0 aromatic rings. The molecule has 0 N–H and O–H groups in total. The van der Waals surface area contributed by atoms with Gasteiger partial charge in [0.25, 0.3) is 0 Å². The van der Waals surface area contributed by atoms with Crippen molar-refractivity contribution in [3.63, 3.8) is 0 Å². The van der Waals surface area contributed by atoms with Crippen LogP contribution < -0.4 is 0 Å². The molecule has 6 unspecified atom stereocenters. The first-order valence-electron chi connectivity index (χ1n) is 6.59. The highest BCUT2D eigenvalue weighted by atomic mass is 14.5. The van der Waals surface area contributed by atoms with Crippen molar-refractivity contribution in [3.05, 3.63) is 0 Å². The Bertz CT molecular complexity index is 194. The predicted octanol–water partition coefficient (Wildman–Crippen LogP) is 4.35. The Kier molecular flexibility index (Phi) is 2.91. The molecule has 2 aliphatic carbocycles. The van der Waals surface area contributed by atoms with Crippen LogP contribution in [0.2, 0.25) is 0 Å². The smallest absolute Gasteiger partial charge is 0.0355 e. The minimum Gasteiger partial charge on any atom is -0.0625 e. The highest BCUT2D eigenvalue weighted by Gasteiger charge is 2.40. The van der Waals surface area contributed by atoms with Crippen LogP contribution in [-0.4, -0.2) is 0 Å². The van der Waals surface area contributed by atoms with Gasteiger partial charge in [-0.25, -0.2) is 0 Å². The predicted molar refractivity (Wildman–Crippen MR) is 62.1 cm³/mol. The summed E-state index contributed by atoms with van der Waals surface area (Å²) < 4.78 is 0. The summed E-state index contributed by atoms with van der Waals surface area (Å²) in [6.07, 6.45) is 6.05. The highest BCUT2D eigenvalue weighted by Crippen LogP contribution is 2.49. The maximum atomic E-state index is 2.51. The Hall–Kier alpha value is 0. The van der Waals surface area contributed by atoms with Gasteiger partial charge in [0.15, 0.2) is 0 Å². The Morgan fingerprint density at radius 1 is 0.786 bits per heavy atom. The molecule has 82 valence electrons. The van der Waals surface area contributed by atoms with Crippen LogP contribution in [0.5, 0.6) is 0 Å². The molecule has 2 aliphatic rings. The van der Waals surface area contributed by atoms with Crippen molar-refractivity contribution in [2.75, 3.05) is 0 Å². The molecule has 0 saturated heterocycles. The third kappa shape index (κ3) is 1.73. The first-order chi connectivity index (χ1) is 6.59. The number of fused-ring (bicyclic) bond motifs is 1. The zero-order valence-electron chi connectivity index (χ0n) is 10.3. The molecule has 0 amide bonds. The standard InChI is InChI=1S/C14H26/c1-9-5-6-13-8-10(2)11(3)12(4)14(13)7-9/h9-14H,5-8H2,1-4H3. The van der Waals surface area contributed by atoms with Crippen molar-refractivity contribution in [2.45, 2.75) is 53.4 Å². The van der Waals surface area contributed by atoms with Gasteiger partial charge in [0.2, 0.25) is 0 Å². The van der Waals surface area contributed by atoms with Crippen LogP contribution in [0.15, 0.2) is 0 Å². The Balaban J connectivity index is 2.08. The Morgan fingerprint density at radius 3 is 2.21 bits per heavy atom. The van der Waals surface area contributed by atoms with Gasteiger partial charge in [-0.2, -0.15) is 0 Å². The van der Waals surface area contributed by atoms with Gasteiger partial charge in [0.1, 0.15) is 0 Å². The quantitative estimate of drug-likeness (QED) is 0.538. The number of hydrogen-bond acceptors (Lipinski definition) is 0. The molecule has 2 fully saturated rings. The molecule has 6 atom stereocenters. The molecule has 0 nitrogen and oxygen atoms in total. The van der Waals surface area contributed by atoms with Crippen molar-refractivity contribution >= 4 is 0 Å². The zero-order chi connectivity index (χ0) is 10.3. The van der Waals surface area contributed by atoms with Crippen molar-refractivity contribution in [3.8, 4) is 0 Å². The zero-order valence-corrected chi connectivity index (χ0v) is 10.3. The summed E-state index contributed by atoms with van der Waals surface area (Å²) in [5.41, 5.74) is 0. The summed E-state index contributed by atoms with van der Waals surface area (Å²) in [4.78, 5) is 0. The molecule has 0 bridgehead atoms.